The predicted molar refractivity (Wildman–Crippen MR) is 69.1 cm³/mol. The molecule has 0 aromatic heterocycles. The Kier molecular flexibility index (Phi) is 2.91. The summed E-state index contributed by atoms with van der Waals surface area (Å²) >= 11 is 0. The average Bonchev–Trinajstić information content (AvgIpc) is 2.39. The van der Waals surface area contributed by atoms with Gasteiger partial charge in [0, 0.05) is 19.1 Å². The Hall–Kier alpha value is -1.25. The normalized spacial score (nSPS) is 20.9. The Morgan fingerprint density at radius 2 is 2.00 bits per heavy atom. The molecule has 3 rings (SSSR count). The standard InChI is InChI=1S/C14H19FN2/c15-11-6-7-14-13(10-11)16-8-9-17(14)12-4-2-1-3-5-12/h6-7,10,12,16H,1-5,8-9H2. The molecular formula is C14H19FN2. The summed E-state index contributed by atoms with van der Waals surface area (Å²) in [6.07, 6.45) is 6.63. The van der Waals surface area contributed by atoms with Crippen LogP contribution in [0.15, 0.2) is 18.2 Å². The van der Waals surface area contributed by atoms with Crippen molar-refractivity contribution in [2.45, 2.75) is 38.1 Å². The van der Waals surface area contributed by atoms with E-state index < -0.39 is 0 Å². The van der Waals surface area contributed by atoms with Gasteiger partial charge in [0.2, 0.25) is 0 Å². The zero-order chi connectivity index (χ0) is 11.7. The Morgan fingerprint density at radius 3 is 2.82 bits per heavy atom. The number of nitrogens with zero attached hydrogens (tertiary/aromatic N) is 1. The zero-order valence-electron chi connectivity index (χ0n) is 10.1. The average molecular weight is 234 g/mol. The summed E-state index contributed by atoms with van der Waals surface area (Å²) in [4.78, 5) is 2.48. The van der Waals surface area contributed by atoms with E-state index in [0.717, 1.165) is 18.8 Å². The molecule has 1 aromatic rings. The molecule has 92 valence electrons. The van der Waals surface area contributed by atoms with Crippen LogP contribution in [0.3, 0.4) is 0 Å². The molecule has 0 amide bonds. The van der Waals surface area contributed by atoms with Gasteiger partial charge in [-0.25, -0.2) is 4.39 Å². The summed E-state index contributed by atoms with van der Waals surface area (Å²) in [7, 11) is 0. The van der Waals surface area contributed by atoms with Crippen molar-refractivity contribution in [2.24, 2.45) is 0 Å². The molecule has 1 aliphatic carbocycles. The van der Waals surface area contributed by atoms with Crippen LogP contribution in [-0.4, -0.2) is 19.1 Å². The van der Waals surface area contributed by atoms with Gasteiger partial charge >= 0.3 is 0 Å². The molecule has 0 spiro atoms. The molecule has 1 N–H and O–H groups in total. The fraction of sp³-hybridized carbons (Fsp3) is 0.571. The first-order chi connectivity index (χ1) is 8.34. The number of hydrogen-bond acceptors (Lipinski definition) is 2. The maximum Gasteiger partial charge on any atom is 0.125 e. The SMILES string of the molecule is Fc1ccc2c(c1)NCCN2C1CCCCC1. The number of rotatable bonds is 1. The zero-order valence-corrected chi connectivity index (χ0v) is 10.1. The van der Waals surface area contributed by atoms with Crippen LogP contribution in [0.4, 0.5) is 15.8 Å². The lowest BCUT2D eigenvalue weighted by Crippen LogP contribution is -2.42. The fourth-order valence-corrected chi connectivity index (χ4v) is 3.10. The van der Waals surface area contributed by atoms with Crippen molar-refractivity contribution >= 4 is 11.4 Å². The van der Waals surface area contributed by atoms with Gasteiger partial charge in [-0.2, -0.15) is 0 Å². The molecule has 0 radical (unpaired) electrons. The minimum Gasteiger partial charge on any atom is -0.382 e. The highest BCUT2D eigenvalue weighted by atomic mass is 19.1. The van der Waals surface area contributed by atoms with E-state index in [0.29, 0.717) is 6.04 Å². The van der Waals surface area contributed by atoms with E-state index in [4.69, 9.17) is 0 Å². The van der Waals surface area contributed by atoms with E-state index in [1.54, 1.807) is 12.1 Å². The van der Waals surface area contributed by atoms with Crippen LogP contribution < -0.4 is 10.2 Å². The van der Waals surface area contributed by atoms with Crippen LogP contribution in [0.25, 0.3) is 0 Å². The van der Waals surface area contributed by atoms with Crippen molar-refractivity contribution in [3.05, 3.63) is 24.0 Å². The van der Waals surface area contributed by atoms with Gasteiger partial charge in [-0.1, -0.05) is 19.3 Å². The summed E-state index contributed by atoms with van der Waals surface area (Å²) in [5.41, 5.74) is 2.14. The smallest absolute Gasteiger partial charge is 0.125 e. The van der Waals surface area contributed by atoms with Crippen LogP contribution in [0.5, 0.6) is 0 Å². The molecule has 2 nitrogen and oxygen atoms in total. The maximum absolute atomic E-state index is 13.2. The van der Waals surface area contributed by atoms with Gasteiger partial charge in [-0.15, -0.1) is 0 Å². The van der Waals surface area contributed by atoms with Crippen LogP contribution in [0, 0.1) is 5.82 Å². The van der Waals surface area contributed by atoms with Gasteiger partial charge in [-0.3, -0.25) is 0 Å². The molecule has 0 saturated heterocycles. The molecule has 17 heavy (non-hydrogen) atoms. The van der Waals surface area contributed by atoms with E-state index in [1.807, 2.05) is 6.07 Å². The van der Waals surface area contributed by atoms with E-state index in [9.17, 15) is 4.39 Å². The Balaban J connectivity index is 1.88. The lowest BCUT2D eigenvalue weighted by atomic mass is 9.93. The summed E-state index contributed by atoms with van der Waals surface area (Å²) in [6.45, 7) is 1.97. The van der Waals surface area contributed by atoms with E-state index in [1.165, 1.54) is 37.8 Å². The molecule has 1 saturated carbocycles. The van der Waals surface area contributed by atoms with E-state index in [-0.39, 0.29) is 5.82 Å². The second kappa shape index (κ2) is 4.55. The van der Waals surface area contributed by atoms with Crippen molar-refractivity contribution in [1.29, 1.82) is 0 Å². The molecule has 3 heteroatoms. The lowest BCUT2D eigenvalue weighted by molar-refractivity contribution is 0.415. The minimum absolute atomic E-state index is 0.151. The van der Waals surface area contributed by atoms with Crippen LogP contribution in [-0.2, 0) is 0 Å². The molecule has 0 bridgehead atoms. The van der Waals surface area contributed by atoms with Gasteiger partial charge in [0.15, 0.2) is 0 Å². The number of anilines is 2. The van der Waals surface area contributed by atoms with Gasteiger partial charge in [0.1, 0.15) is 5.82 Å². The topological polar surface area (TPSA) is 15.3 Å². The van der Waals surface area contributed by atoms with Crippen molar-refractivity contribution < 1.29 is 4.39 Å². The first-order valence-corrected chi connectivity index (χ1v) is 6.65. The number of nitrogens with one attached hydrogen (secondary N) is 1. The van der Waals surface area contributed by atoms with Crippen LogP contribution >= 0.6 is 0 Å². The van der Waals surface area contributed by atoms with Crippen LogP contribution in [0.1, 0.15) is 32.1 Å². The third kappa shape index (κ3) is 2.11. The Bertz CT molecular complexity index is 399. The monoisotopic (exact) mass is 234 g/mol. The highest BCUT2D eigenvalue weighted by molar-refractivity contribution is 5.72. The largest absolute Gasteiger partial charge is 0.382 e. The number of benzene rings is 1. The predicted octanol–water partition coefficient (Wildman–Crippen LogP) is 3.39. The van der Waals surface area contributed by atoms with Crippen molar-refractivity contribution in [2.75, 3.05) is 23.3 Å². The summed E-state index contributed by atoms with van der Waals surface area (Å²) in [5.74, 6) is -0.151. The molecule has 1 heterocycles. The van der Waals surface area contributed by atoms with E-state index >= 15 is 0 Å². The lowest BCUT2D eigenvalue weighted by Gasteiger charge is -2.40. The molecule has 1 aliphatic heterocycles. The van der Waals surface area contributed by atoms with Crippen molar-refractivity contribution in [1.82, 2.24) is 0 Å². The summed E-state index contributed by atoms with van der Waals surface area (Å²) in [5, 5.41) is 3.29. The molecular weight excluding hydrogens is 215 g/mol. The molecule has 0 unspecified atom stereocenters. The highest BCUT2D eigenvalue weighted by Gasteiger charge is 2.25. The molecule has 1 fully saturated rings. The molecule has 2 aliphatic rings. The fourth-order valence-electron chi connectivity index (χ4n) is 3.10. The van der Waals surface area contributed by atoms with Crippen molar-refractivity contribution in [3.63, 3.8) is 0 Å². The molecule has 1 aromatic carbocycles. The Morgan fingerprint density at radius 1 is 1.18 bits per heavy atom. The quantitative estimate of drug-likeness (QED) is 0.801. The summed E-state index contributed by atoms with van der Waals surface area (Å²) in [6, 6.07) is 5.77. The summed E-state index contributed by atoms with van der Waals surface area (Å²) < 4.78 is 13.2. The number of halogens is 1. The second-order valence-electron chi connectivity index (χ2n) is 5.07. The van der Waals surface area contributed by atoms with Gasteiger partial charge in [0.25, 0.3) is 0 Å². The third-order valence-electron chi connectivity index (χ3n) is 3.95. The highest BCUT2D eigenvalue weighted by Crippen LogP contribution is 2.34. The Labute approximate surface area is 102 Å². The molecule has 0 atom stereocenters. The number of hydrogen-bond donors (Lipinski definition) is 1. The van der Waals surface area contributed by atoms with Crippen molar-refractivity contribution in [3.8, 4) is 0 Å². The maximum atomic E-state index is 13.2. The van der Waals surface area contributed by atoms with Gasteiger partial charge in [0.05, 0.1) is 11.4 Å². The number of fused-ring (bicyclic) bond motifs is 1. The third-order valence-corrected chi connectivity index (χ3v) is 3.95. The van der Waals surface area contributed by atoms with Crippen LogP contribution in [0.2, 0.25) is 0 Å². The van der Waals surface area contributed by atoms with E-state index in [2.05, 4.69) is 10.2 Å². The second-order valence-corrected chi connectivity index (χ2v) is 5.07. The first-order valence-electron chi connectivity index (χ1n) is 6.65. The van der Waals surface area contributed by atoms with Gasteiger partial charge in [-0.05, 0) is 31.0 Å². The first kappa shape index (κ1) is 10.9. The van der Waals surface area contributed by atoms with Gasteiger partial charge < -0.3 is 10.2 Å². The minimum atomic E-state index is -0.151.